The normalized spacial score (nSPS) is 16.6. The Labute approximate surface area is 162 Å². The van der Waals surface area contributed by atoms with Crippen LogP contribution < -0.4 is 15.8 Å². The molecule has 1 aliphatic rings. The molecule has 0 saturated carbocycles. The van der Waals surface area contributed by atoms with E-state index in [1.54, 1.807) is 37.6 Å². The van der Waals surface area contributed by atoms with Gasteiger partial charge in [-0.2, -0.15) is 10.2 Å². The van der Waals surface area contributed by atoms with Gasteiger partial charge in [0.1, 0.15) is 5.82 Å². The van der Waals surface area contributed by atoms with Crippen LogP contribution in [0.15, 0.2) is 47.5 Å². The van der Waals surface area contributed by atoms with Crippen molar-refractivity contribution in [2.75, 3.05) is 24.5 Å². The first-order valence-corrected chi connectivity index (χ1v) is 9.37. The number of hydrogen-bond acceptors (Lipinski definition) is 5. The van der Waals surface area contributed by atoms with Crippen LogP contribution in [0.4, 0.5) is 10.1 Å². The summed E-state index contributed by atoms with van der Waals surface area (Å²) >= 11 is 0. The van der Waals surface area contributed by atoms with Crippen molar-refractivity contribution in [3.05, 3.63) is 64.5 Å². The molecule has 1 fully saturated rings. The quantitative estimate of drug-likeness (QED) is 0.681. The van der Waals surface area contributed by atoms with Gasteiger partial charge in [-0.05, 0) is 36.6 Å². The van der Waals surface area contributed by atoms with Gasteiger partial charge >= 0.3 is 0 Å². The summed E-state index contributed by atoms with van der Waals surface area (Å²) in [5.74, 6) is 0.255. The van der Waals surface area contributed by atoms with Crippen LogP contribution in [0.25, 0.3) is 11.3 Å². The smallest absolute Gasteiger partial charge is 0.268 e. The Hall–Kier alpha value is -3.00. The summed E-state index contributed by atoms with van der Waals surface area (Å²) < 4.78 is 14.5. The summed E-state index contributed by atoms with van der Waals surface area (Å²) in [7, 11) is 1.65. The van der Waals surface area contributed by atoms with Crippen molar-refractivity contribution in [1.29, 1.82) is 0 Å². The Morgan fingerprint density at radius 2 is 2.11 bits per heavy atom. The number of rotatable bonds is 6. The highest BCUT2D eigenvalue weighted by Gasteiger charge is 2.23. The fourth-order valence-electron chi connectivity index (χ4n) is 3.59. The highest BCUT2D eigenvalue weighted by molar-refractivity contribution is 5.62. The average Bonchev–Trinajstić information content (AvgIpc) is 3.35. The lowest BCUT2D eigenvalue weighted by molar-refractivity contribution is 0.517. The van der Waals surface area contributed by atoms with Gasteiger partial charge in [-0.25, -0.2) is 9.07 Å². The molecule has 7 nitrogen and oxygen atoms in total. The molecule has 0 aliphatic carbocycles. The van der Waals surface area contributed by atoms with Crippen molar-refractivity contribution >= 4 is 5.69 Å². The summed E-state index contributed by atoms with van der Waals surface area (Å²) in [4.78, 5) is 14.0. The molecule has 0 unspecified atom stereocenters. The zero-order valence-corrected chi connectivity index (χ0v) is 15.7. The third kappa shape index (κ3) is 3.96. The van der Waals surface area contributed by atoms with Gasteiger partial charge in [-0.3, -0.25) is 9.89 Å². The number of aromatic nitrogens is 4. The molecule has 0 radical (unpaired) electrons. The molecule has 1 aromatic carbocycles. The van der Waals surface area contributed by atoms with Crippen LogP contribution in [0, 0.1) is 11.7 Å². The molecule has 3 heterocycles. The molecule has 2 N–H and O–H groups in total. The van der Waals surface area contributed by atoms with Crippen molar-refractivity contribution in [3.63, 3.8) is 0 Å². The summed E-state index contributed by atoms with van der Waals surface area (Å²) in [5.41, 5.74) is 3.68. The molecule has 1 saturated heterocycles. The van der Waals surface area contributed by atoms with Crippen LogP contribution >= 0.6 is 0 Å². The maximum Gasteiger partial charge on any atom is 0.268 e. The van der Waals surface area contributed by atoms with Gasteiger partial charge in [0.25, 0.3) is 5.56 Å². The second kappa shape index (κ2) is 7.93. The molecular formula is C20H23FN6O. The number of nitrogens with one attached hydrogen (secondary N) is 2. The number of H-pyrrole nitrogens is 1. The lowest BCUT2D eigenvalue weighted by Gasteiger charge is -2.18. The van der Waals surface area contributed by atoms with E-state index >= 15 is 0 Å². The van der Waals surface area contributed by atoms with Gasteiger partial charge < -0.3 is 10.2 Å². The second-order valence-corrected chi connectivity index (χ2v) is 7.18. The molecule has 146 valence electrons. The maximum absolute atomic E-state index is 13.1. The lowest BCUT2D eigenvalue weighted by atomic mass is 10.1. The van der Waals surface area contributed by atoms with Gasteiger partial charge in [-0.1, -0.05) is 0 Å². The minimum Gasteiger partial charge on any atom is -0.370 e. The third-order valence-corrected chi connectivity index (χ3v) is 5.20. The van der Waals surface area contributed by atoms with E-state index in [-0.39, 0.29) is 11.4 Å². The number of hydrogen-bond donors (Lipinski definition) is 2. The molecular weight excluding hydrogens is 359 g/mol. The molecule has 1 aliphatic heterocycles. The number of nitrogens with zero attached hydrogens (tertiary/aromatic N) is 4. The van der Waals surface area contributed by atoms with Crippen LogP contribution in [-0.4, -0.2) is 39.6 Å². The van der Waals surface area contributed by atoms with E-state index in [0.29, 0.717) is 12.5 Å². The predicted molar refractivity (Wildman–Crippen MR) is 105 cm³/mol. The van der Waals surface area contributed by atoms with E-state index in [0.717, 1.165) is 48.6 Å². The highest BCUT2D eigenvalue weighted by atomic mass is 19.1. The minimum absolute atomic E-state index is 0.0904. The largest absolute Gasteiger partial charge is 0.370 e. The Bertz CT molecular complexity index is 996. The molecule has 1 atom stereocenters. The highest BCUT2D eigenvalue weighted by Crippen LogP contribution is 2.23. The van der Waals surface area contributed by atoms with E-state index in [1.165, 1.54) is 16.8 Å². The average molecular weight is 382 g/mol. The standard InChI is InChI=1S/C20H23FN6O/c1-26-19(28)8-18(12-24-26)27-7-6-14(13-27)9-22-10-16-11-23-25-20(16)15-2-4-17(21)5-3-15/h2-5,8,11-12,14,22H,6-7,9-10,13H2,1H3,(H,23,25)/t14-/m0/s1. The Morgan fingerprint density at radius 3 is 2.89 bits per heavy atom. The predicted octanol–water partition coefficient (Wildman–Crippen LogP) is 1.93. The minimum atomic E-state index is -0.250. The molecule has 3 aromatic rings. The molecule has 0 bridgehead atoms. The summed E-state index contributed by atoms with van der Waals surface area (Å²) in [6.07, 6.45) is 4.62. The molecule has 0 amide bonds. The summed E-state index contributed by atoms with van der Waals surface area (Å²) in [6, 6.07) is 8.04. The van der Waals surface area contributed by atoms with E-state index < -0.39 is 0 Å². The third-order valence-electron chi connectivity index (χ3n) is 5.20. The lowest BCUT2D eigenvalue weighted by Crippen LogP contribution is -2.28. The SMILES string of the molecule is Cn1ncc(N2CC[C@@H](CNCc3cn[nH]c3-c3ccc(F)cc3)C2)cc1=O. The zero-order chi connectivity index (χ0) is 19.5. The van der Waals surface area contributed by atoms with Crippen LogP contribution in [0.5, 0.6) is 0 Å². The molecule has 8 heteroatoms. The fourth-order valence-corrected chi connectivity index (χ4v) is 3.59. The Kier molecular flexibility index (Phi) is 5.21. The zero-order valence-electron chi connectivity index (χ0n) is 15.7. The van der Waals surface area contributed by atoms with Crippen molar-refractivity contribution in [2.24, 2.45) is 13.0 Å². The number of aryl methyl sites for hydroxylation is 1. The van der Waals surface area contributed by atoms with Crippen molar-refractivity contribution in [2.45, 2.75) is 13.0 Å². The maximum atomic E-state index is 13.1. The van der Waals surface area contributed by atoms with Gasteiger partial charge in [0, 0.05) is 50.4 Å². The van der Waals surface area contributed by atoms with Crippen molar-refractivity contribution in [1.82, 2.24) is 25.3 Å². The van der Waals surface area contributed by atoms with Gasteiger partial charge in [0.05, 0.1) is 23.8 Å². The first-order chi connectivity index (χ1) is 13.6. The van der Waals surface area contributed by atoms with E-state index in [1.807, 2.05) is 0 Å². The van der Waals surface area contributed by atoms with Crippen LogP contribution in [0.1, 0.15) is 12.0 Å². The number of aromatic amines is 1. The van der Waals surface area contributed by atoms with E-state index in [4.69, 9.17) is 0 Å². The van der Waals surface area contributed by atoms with E-state index in [9.17, 15) is 9.18 Å². The Morgan fingerprint density at radius 1 is 1.29 bits per heavy atom. The monoisotopic (exact) mass is 382 g/mol. The van der Waals surface area contributed by atoms with Crippen molar-refractivity contribution in [3.8, 4) is 11.3 Å². The van der Waals surface area contributed by atoms with Crippen LogP contribution in [0.2, 0.25) is 0 Å². The van der Waals surface area contributed by atoms with E-state index in [2.05, 4.69) is 25.5 Å². The molecule has 4 rings (SSSR count). The molecule has 0 spiro atoms. The number of benzene rings is 1. The molecule has 28 heavy (non-hydrogen) atoms. The van der Waals surface area contributed by atoms with Gasteiger partial charge in [0.2, 0.25) is 0 Å². The number of halogens is 1. The summed E-state index contributed by atoms with van der Waals surface area (Å²) in [6.45, 7) is 3.39. The van der Waals surface area contributed by atoms with Crippen molar-refractivity contribution < 1.29 is 4.39 Å². The fraction of sp³-hybridized carbons (Fsp3) is 0.350. The van der Waals surface area contributed by atoms with Gasteiger partial charge in [0.15, 0.2) is 0 Å². The topological polar surface area (TPSA) is 78.8 Å². The second-order valence-electron chi connectivity index (χ2n) is 7.18. The molecule has 2 aromatic heterocycles. The first kappa shape index (κ1) is 18.4. The first-order valence-electron chi connectivity index (χ1n) is 9.37. The van der Waals surface area contributed by atoms with Gasteiger partial charge in [-0.15, -0.1) is 0 Å². The number of anilines is 1. The Balaban J connectivity index is 1.32. The van der Waals surface area contributed by atoms with Crippen LogP contribution in [-0.2, 0) is 13.6 Å². The van der Waals surface area contributed by atoms with Crippen LogP contribution in [0.3, 0.4) is 0 Å². The summed E-state index contributed by atoms with van der Waals surface area (Å²) in [5, 5.41) is 14.7.